The summed E-state index contributed by atoms with van der Waals surface area (Å²) < 4.78 is 61.7. The molecule has 0 bridgehead atoms. The van der Waals surface area contributed by atoms with Gasteiger partial charge in [0.15, 0.2) is 0 Å². The van der Waals surface area contributed by atoms with Gasteiger partial charge in [0.25, 0.3) is 20.2 Å². The Kier molecular flexibility index (Phi) is 8.54. The molecule has 0 aliphatic heterocycles. The second-order valence-electron chi connectivity index (χ2n) is 9.35. The Morgan fingerprint density at radius 2 is 1.03 bits per heavy atom. The summed E-state index contributed by atoms with van der Waals surface area (Å²) in [4.78, 5) is 2.55. The van der Waals surface area contributed by atoms with E-state index in [1.54, 1.807) is 41.7 Å². The molecular formula is C29H30O6S3. The van der Waals surface area contributed by atoms with E-state index >= 15 is 0 Å². The topological polar surface area (TPSA) is 86.7 Å². The molecule has 6 nitrogen and oxygen atoms in total. The Balaban J connectivity index is 1.58. The van der Waals surface area contributed by atoms with E-state index in [1.165, 1.54) is 34.7 Å². The highest BCUT2D eigenvalue weighted by molar-refractivity contribution is 7.87. The zero-order valence-electron chi connectivity index (χ0n) is 21.7. The van der Waals surface area contributed by atoms with Gasteiger partial charge < -0.3 is 0 Å². The van der Waals surface area contributed by atoms with Gasteiger partial charge in [0, 0.05) is 16.2 Å². The summed E-state index contributed by atoms with van der Waals surface area (Å²) in [6.07, 6.45) is 0.621. The maximum atomic E-state index is 12.7. The lowest BCUT2D eigenvalue weighted by Crippen LogP contribution is -2.09. The highest BCUT2D eigenvalue weighted by Gasteiger charge is 2.18. The van der Waals surface area contributed by atoms with Crippen LogP contribution in [-0.2, 0) is 48.2 Å². The van der Waals surface area contributed by atoms with Crippen molar-refractivity contribution in [3.8, 4) is 0 Å². The monoisotopic (exact) mass is 570 g/mol. The molecule has 1 aromatic heterocycles. The van der Waals surface area contributed by atoms with Gasteiger partial charge in [-0.05, 0) is 80.3 Å². The zero-order chi connectivity index (χ0) is 27.5. The van der Waals surface area contributed by atoms with Crippen LogP contribution in [0.4, 0.5) is 0 Å². The summed E-state index contributed by atoms with van der Waals surface area (Å²) in [6.45, 7) is 7.50. The van der Waals surface area contributed by atoms with E-state index in [0.717, 1.165) is 21.6 Å². The van der Waals surface area contributed by atoms with Gasteiger partial charge in [0.1, 0.15) is 0 Å². The Hall–Kier alpha value is -2.82. The first kappa shape index (κ1) is 28.2. The molecule has 0 N–H and O–H groups in total. The van der Waals surface area contributed by atoms with E-state index in [9.17, 15) is 16.8 Å². The highest BCUT2D eigenvalue weighted by Crippen LogP contribution is 2.26. The van der Waals surface area contributed by atoms with Gasteiger partial charge in [-0.25, -0.2) is 0 Å². The quantitative estimate of drug-likeness (QED) is 0.206. The highest BCUT2D eigenvalue weighted by atomic mass is 32.2. The lowest BCUT2D eigenvalue weighted by Gasteiger charge is -2.12. The molecular weight excluding hydrogens is 541 g/mol. The van der Waals surface area contributed by atoms with Crippen LogP contribution in [0.1, 0.15) is 43.1 Å². The second-order valence-corrected chi connectivity index (χ2v) is 13.9. The summed E-state index contributed by atoms with van der Waals surface area (Å²) in [6, 6.07) is 20.5. The lowest BCUT2D eigenvalue weighted by atomic mass is 10.0. The molecule has 0 saturated carbocycles. The van der Waals surface area contributed by atoms with Crippen LogP contribution in [0.2, 0.25) is 0 Å². The molecule has 0 saturated heterocycles. The van der Waals surface area contributed by atoms with Gasteiger partial charge in [0.05, 0.1) is 23.0 Å². The van der Waals surface area contributed by atoms with E-state index in [2.05, 4.69) is 19.9 Å². The number of benzene rings is 3. The van der Waals surface area contributed by atoms with Crippen LogP contribution in [0.25, 0.3) is 0 Å². The van der Waals surface area contributed by atoms with Crippen molar-refractivity contribution in [2.24, 2.45) is 0 Å². The van der Waals surface area contributed by atoms with E-state index in [4.69, 9.17) is 8.37 Å². The SMILES string of the molecule is Cc1ccc(S(=O)(=O)OCc2cc(COS(=O)(=O)c3ccc(C)cc3)cc(Cc3cc(C)c(C)s3)c2)cc1. The average Bonchev–Trinajstić information content (AvgIpc) is 3.18. The van der Waals surface area contributed by atoms with Gasteiger partial charge in [-0.15, -0.1) is 11.3 Å². The fraction of sp³-hybridized carbons (Fsp3) is 0.241. The molecule has 4 aromatic rings. The third-order valence-corrected chi connectivity index (χ3v) is 9.80. The van der Waals surface area contributed by atoms with Crippen LogP contribution in [0.5, 0.6) is 0 Å². The van der Waals surface area contributed by atoms with Crippen molar-refractivity contribution < 1.29 is 25.2 Å². The van der Waals surface area contributed by atoms with Gasteiger partial charge in [-0.1, -0.05) is 53.6 Å². The number of aryl methyl sites for hydroxylation is 4. The van der Waals surface area contributed by atoms with Crippen molar-refractivity contribution in [2.75, 3.05) is 0 Å². The third-order valence-electron chi connectivity index (χ3n) is 6.09. The van der Waals surface area contributed by atoms with Crippen LogP contribution in [0.15, 0.2) is 82.6 Å². The van der Waals surface area contributed by atoms with E-state index in [0.29, 0.717) is 17.5 Å². The molecule has 38 heavy (non-hydrogen) atoms. The molecule has 0 atom stereocenters. The first-order valence-electron chi connectivity index (χ1n) is 12.0. The lowest BCUT2D eigenvalue weighted by molar-refractivity contribution is 0.302. The molecule has 0 amide bonds. The van der Waals surface area contributed by atoms with E-state index in [-0.39, 0.29) is 23.0 Å². The summed E-state index contributed by atoms with van der Waals surface area (Å²) in [7, 11) is -7.92. The number of rotatable bonds is 10. The van der Waals surface area contributed by atoms with Crippen LogP contribution >= 0.6 is 11.3 Å². The third kappa shape index (κ3) is 7.18. The summed E-state index contributed by atoms with van der Waals surface area (Å²) in [5, 5.41) is 0. The predicted molar refractivity (Wildman–Crippen MR) is 149 cm³/mol. The molecule has 0 fully saturated rings. The molecule has 0 radical (unpaired) electrons. The summed E-state index contributed by atoms with van der Waals surface area (Å²) >= 11 is 1.70. The smallest absolute Gasteiger partial charge is 0.262 e. The minimum absolute atomic E-state index is 0.0801. The van der Waals surface area contributed by atoms with Crippen LogP contribution in [0, 0.1) is 27.7 Å². The number of hydrogen-bond acceptors (Lipinski definition) is 7. The molecule has 9 heteroatoms. The second kappa shape index (κ2) is 11.5. The molecule has 200 valence electrons. The number of thiophene rings is 1. The maximum Gasteiger partial charge on any atom is 0.297 e. The molecule has 0 aliphatic rings. The molecule has 0 unspecified atom stereocenters. The average molecular weight is 571 g/mol. The minimum atomic E-state index is -3.96. The molecule has 0 spiro atoms. The van der Waals surface area contributed by atoms with Crippen molar-refractivity contribution in [1.82, 2.24) is 0 Å². The van der Waals surface area contributed by atoms with Gasteiger partial charge in [-0.3, -0.25) is 8.37 Å². The van der Waals surface area contributed by atoms with Gasteiger partial charge in [-0.2, -0.15) is 16.8 Å². The van der Waals surface area contributed by atoms with Crippen molar-refractivity contribution in [3.05, 3.63) is 116 Å². The number of hydrogen-bond donors (Lipinski definition) is 0. The fourth-order valence-corrected chi connectivity index (χ4v) is 6.76. The largest absolute Gasteiger partial charge is 0.297 e. The first-order valence-corrected chi connectivity index (χ1v) is 15.6. The summed E-state index contributed by atoms with van der Waals surface area (Å²) in [5.41, 5.74) is 5.22. The molecule has 3 aromatic carbocycles. The van der Waals surface area contributed by atoms with Crippen LogP contribution < -0.4 is 0 Å². The van der Waals surface area contributed by atoms with Gasteiger partial charge in [0.2, 0.25) is 0 Å². The molecule has 4 rings (SSSR count). The minimum Gasteiger partial charge on any atom is -0.262 e. The van der Waals surface area contributed by atoms with Crippen molar-refractivity contribution in [3.63, 3.8) is 0 Å². The van der Waals surface area contributed by atoms with Crippen molar-refractivity contribution in [1.29, 1.82) is 0 Å². The van der Waals surface area contributed by atoms with Crippen molar-refractivity contribution >= 4 is 31.6 Å². The standard InChI is InChI=1S/C29H30O6S3/c1-20-5-9-28(10-6-20)37(30,31)34-18-25-14-24(17-27-13-22(3)23(4)36-27)15-26(16-25)19-35-38(32,33)29-11-7-21(2)8-12-29/h5-16H,17-19H2,1-4H3. The fourth-order valence-electron chi connectivity index (χ4n) is 3.88. The molecule has 0 aliphatic carbocycles. The predicted octanol–water partition coefficient (Wildman–Crippen LogP) is 6.38. The van der Waals surface area contributed by atoms with E-state index < -0.39 is 20.2 Å². The summed E-state index contributed by atoms with van der Waals surface area (Å²) in [5.74, 6) is 0. The van der Waals surface area contributed by atoms with Crippen LogP contribution in [-0.4, -0.2) is 16.8 Å². The Morgan fingerprint density at radius 3 is 1.42 bits per heavy atom. The molecule has 1 heterocycles. The first-order chi connectivity index (χ1) is 17.9. The Labute approximate surface area is 229 Å². The maximum absolute atomic E-state index is 12.7. The van der Waals surface area contributed by atoms with Crippen LogP contribution in [0.3, 0.4) is 0 Å². The van der Waals surface area contributed by atoms with Gasteiger partial charge >= 0.3 is 0 Å². The zero-order valence-corrected chi connectivity index (χ0v) is 24.2. The Morgan fingerprint density at radius 1 is 0.605 bits per heavy atom. The normalized spacial score (nSPS) is 12.1. The Bertz CT molecular complexity index is 1520. The van der Waals surface area contributed by atoms with E-state index in [1.807, 2.05) is 26.0 Å². The van der Waals surface area contributed by atoms with Crippen molar-refractivity contribution in [2.45, 2.75) is 57.1 Å².